The van der Waals surface area contributed by atoms with Crippen molar-refractivity contribution in [2.75, 3.05) is 0 Å². The van der Waals surface area contributed by atoms with Crippen LogP contribution in [0, 0.1) is 0 Å². The molecule has 0 aromatic heterocycles. The Morgan fingerprint density at radius 2 is 2.00 bits per heavy atom. The molecule has 0 aliphatic heterocycles. The van der Waals surface area contributed by atoms with Crippen molar-refractivity contribution in [1.82, 2.24) is 0 Å². The third-order valence-corrected chi connectivity index (χ3v) is 3.03. The molecule has 0 aromatic carbocycles. The second kappa shape index (κ2) is 2.76. The zero-order valence-corrected chi connectivity index (χ0v) is 8.94. The Balaban J connectivity index is 2.41. The molecule has 0 atom stereocenters. The summed E-state index contributed by atoms with van der Waals surface area (Å²) < 4.78 is 2.45. The van der Waals surface area contributed by atoms with Crippen molar-refractivity contribution in [1.29, 1.82) is 0 Å². The molecule has 0 spiro atoms. The number of rotatable bonds is 0. The van der Waals surface area contributed by atoms with Gasteiger partial charge in [0.25, 0.3) is 0 Å². The molecule has 0 nitrogen and oxygen atoms in total. The quantitative estimate of drug-likeness (QED) is 0.630. The van der Waals surface area contributed by atoms with Gasteiger partial charge in [-0.2, -0.15) is 0 Å². The number of fused-ring (bicyclic) bond motifs is 1. The van der Waals surface area contributed by atoms with Crippen LogP contribution in [0.25, 0.3) is 0 Å². The van der Waals surface area contributed by atoms with Gasteiger partial charge in [0, 0.05) is 4.48 Å². The maximum absolute atomic E-state index is 3.50. The average Bonchev–Trinajstić information content (AvgIpc) is 2.32. The lowest BCUT2D eigenvalue weighted by atomic mass is 10.0. The second-order valence-corrected chi connectivity index (χ2v) is 4.42. The fraction of sp³-hybridized carbons (Fsp3) is 0.111. The maximum Gasteiger partial charge on any atom is 0.0250 e. The number of hydrogen-bond acceptors (Lipinski definition) is 0. The molecule has 0 heterocycles. The molecule has 0 saturated carbocycles. The Labute approximate surface area is 82.6 Å². The van der Waals surface area contributed by atoms with Gasteiger partial charge in [-0.25, -0.2) is 0 Å². The van der Waals surface area contributed by atoms with E-state index in [1.54, 1.807) is 0 Å². The minimum atomic E-state index is 1.01. The average molecular weight is 274 g/mol. The number of halogens is 2. The monoisotopic (exact) mass is 272 g/mol. The van der Waals surface area contributed by atoms with Crippen molar-refractivity contribution in [3.63, 3.8) is 0 Å². The molecule has 0 bridgehead atoms. The van der Waals surface area contributed by atoms with Crippen molar-refractivity contribution in [2.24, 2.45) is 0 Å². The molecule has 2 aliphatic rings. The van der Waals surface area contributed by atoms with E-state index >= 15 is 0 Å². The minimum Gasteiger partial charge on any atom is -0.0706 e. The van der Waals surface area contributed by atoms with Crippen LogP contribution in [0.2, 0.25) is 0 Å². The molecular formula is C9H6Br2. The van der Waals surface area contributed by atoms with Crippen molar-refractivity contribution in [3.8, 4) is 0 Å². The summed E-state index contributed by atoms with van der Waals surface area (Å²) in [5, 5.41) is 0. The molecule has 0 aromatic rings. The molecule has 0 radical (unpaired) electrons. The fourth-order valence-electron chi connectivity index (χ4n) is 1.25. The van der Waals surface area contributed by atoms with Crippen LogP contribution in [0.5, 0.6) is 0 Å². The lowest BCUT2D eigenvalue weighted by Crippen LogP contribution is -1.88. The van der Waals surface area contributed by atoms with Crippen LogP contribution in [0.4, 0.5) is 0 Å². The second-order valence-electron chi connectivity index (χ2n) is 2.55. The van der Waals surface area contributed by atoms with Crippen molar-refractivity contribution in [2.45, 2.75) is 6.42 Å². The SMILES string of the molecule is BrC1=CC2=CC=C(Br)C2=CC1. The van der Waals surface area contributed by atoms with Crippen LogP contribution >= 0.6 is 31.9 Å². The summed E-state index contributed by atoms with van der Waals surface area (Å²) in [5.41, 5.74) is 2.63. The third kappa shape index (κ3) is 1.30. The largest absolute Gasteiger partial charge is 0.0706 e. The molecular weight excluding hydrogens is 268 g/mol. The van der Waals surface area contributed by atoms with Crippen LogP contribution < -0.4 is 0 Å². The van der Waals surface area contributed by atoms with Crippen molar-refractivity contribution in [3.05, 3.63) is 44.4 Å². The van der Waals surface area contributed by atoms with Crippen molar-refractivity contribution >= 4 is 31.9 Å². The molecule has 56 valence electrons. The van der Waals surface area contributed by atoms with Gasteiger partial charge in [-0.15, -0.1) is 0 Å². The van der Waals surface area contributed by atoms with Gasteiger partial charge < -0.3 is 0 Å². The Morgan fingerprint density at radius 1 is 1.18 bits per heavy atom. The topological polar surface area (TPSA) is 0 Å². The van der Waals surface area contributed by atoms with Gasteiger partial charge >= 0.3 is 0 Å². The highest BCUT2D eigenvalue weighted by Crippen LogP contribution is 2.36. The summed E-state index contributed by atoms with van der Waals surface area (Å²) in [6.45, 7) is 0. The highest BCUT2D eigenvalue weighted by Gasteiger charge is 2.14. The lowest BCUT2D eigenvalue weighted by Gasteiger charge is -2.08. The van der Waals surface area contributed by atoms with E-state index < -0.39 is 0 Å². The van der Waals surface area contributed by atoms with Gasteiger partial charge in [0.15, 0.2) is 0 Å². The van der Waals surface area contributed by atoms with Gasteiger partial charge in [0.2, 0.25) is 0 Å². The van der Waals surface area contributed by atoms with Gasteiger partial charge in [-0.05, 0) is 34.2 Å². The highest BCUT2D eigenvalue weighted by atomic mass is 79.9. The summed E-state index contributed by atoms with van der Waals surface area (Å²) in [5.74, 6) is 0. The predicted molar refractivity (Wildman–Crippen MR) is 54.8 cm³/mol. The van der Waals surface area contributed by atoms with E-state index in [1.807, 2.05) is 0 Å². The highest BCUT2D eigenvalue weighted by molar-refractivity contribution is 9.12. The molecule has 0 N–H and O–H groups in total. The molecule has 0 saturated heterocycles. The molecule has 2 rings (SSSR count). The van der Waals surface area contributed by atoms with E-state index in [2.05, 4.69) is 56.2 Å². The summed E-state index contributed by atoms with van der Waals surface area (Å²) in [4.78, 5) is 0. The minimum absolute atomic E-state index is 1.01. The van der Waals surface area contributed by atoms with Crippen LogP contribution in [0.15, 0.2) is 44.4 Å². The van der Waals surface area contributed by atoms with Crippen LogP contribution in [0.3, 0.4) is 0 Å². The Hall–Kier alpha value is -0.0800. The van der Waals surface area contributed by atoms with Crippen LogP contribution in [-0.4, -0.2) is 0 Å². The van der Waals surface area contributed by atoms with Gasteiger partial charge in [0.1, 0.15) is 0 Å². The first-order chi connectivity index (χ1) is 5.27. The van der Waals surface area contributed by atoms with E-state index in [0.29, 0.717) is 0 Å². The zero-order chi connectivity index (χ0) is 7.84. The maximum atomic E-state index is 3.50. The van der Waals surface area contributed by atoms with E-state index in [9.17, 15) is 0 Å². The molecule has 2 aliphatic carbocycles. The van der Waals surface area contributed by atoms with Gasteiger partial charge in [-0.3, -0.25) is 0 Å². The van der Waals surface area contributed by atoms with Crippen molar-refractivity contribution < 1.29 is 0 Å². The number of allylic oxidation sites excluding steroid dienone is 8. The first kappa shape index (κ1) is 7.56. The lowest BCUT2D eigenvalue weighted by molar-refractivity contribution is 1.29. The predicted octanol–water partition coefficient (Wildman–Crippen LogP) is 3.81. The molecule has 0 fully saturated rings. The molecule has 0 amide bonds. The molecule has 2 heteroatoms. The Morgan fingerprint density at radius 3 is 2.82 bits per heavy atom. The first-order valence-electron chi connectivity index (χ1n) is 3.42. The number of hydrogen-bond donors (Lipinski definition) is 0. The van der Waals surface area contributed by atoms with E-state index in [1.165, 1.54) is 20.1 Å². The smallest absolute Gasteiger partial charge is 0.0250 e. The van der Waals surface area contributed by atoms with Crippen LogP contribution in [-0.2, 0) is 0 Å². The Bertz CT molecular complexity index is 316. The standard InChI is InChI=1S/C9H6Br2/c10-7-2-3-8-6(5-7)1-4-9(8)11/h1,3-5H,2H2. The third-order valence-electron chi connectivity index (χ3n) is 1.79. The van der Waals surface area contributed by atoms with E-state index in [-0.39, 0.29) is 0 Å². The summed E-state index contributed by atoms with van der Waals surface area (Å²) in [6.07, 6.45) is 9.61. The summed E-state index contributed by atoms with van der Waals surface area (Å²) in [7, 11) is 0. The van der Waals surface area contributed by atoms with E-state index in [0.717, 1.165) is 6.42 Å². The van der Waals surface area contributed by atoms with Gasteiger partial charge in [-0.1, -0.05) is 44.0 Å². The van der Waals surface area contributed by atoms with Gasteiger partial charge in [0.05, 0.1) is 0 Å². The fourth-order valence-corrected chi connectivity index (χ4v) is 2.18. The van der Waals surface area contributed by atoms with E-state index in [4.69, 9.17) is 0 Å². The molecule has 0 unspecified atom stereocenters. The summed E-state index contributed by atoms with van der Waals surface area (Å²) in [6, 6.07) is 0. The summed E-state index contributed by atoms with van der Waals surface area (Å²) >= 11 is 6.98. The normalized spacial score (nSPS) is 21.6. The molecule has 11 heavy (non-hydrogen) atoms. The zero-order valence-electron chi connectivity index (χ0n) is 5.77. The van der Waals surface area contributed by atoms with Crippen LogP contribution in [0.1, 0.15) is 6.42 Å². The first-order valence-corrected chi connectivity index (χ1v) is 5.00. The Kier molecular flexibility index (Phi) is 1.90.